The Bertz CT molecular complexity index is 1600. The molecule has 0 spiro atoms. The number of aromatic nitrogens is 1. The first-order valence-corrected chi connectivity index (χ1v) is 19.0. The van der Waals surface area contributed by atoms with Crippen molar-refractivity contribution in [3.63, 3.8) is 0 Å². The van der Waals surface area contributed by atoms with Crippen LogP contribution in [0.3, 0.4) is 0 Å². The summed E-state index contributed by atoms with van der Waals surface area (Å²) in [6, 6.07) is 6.60. The number of ether oxygens (including phenoxy) is 1. The van der Waals surface area contributed by atoms with Crippen molar-refractivity contribution in [2.45, 2.75) is 103 Å². The molecular weight excluding hydrogens is 701 g/mol. The minimum Gasteiger partial charge on any atom is -0.478 e. The number of likely N-dealkylation sites (N-methyl/N-ethyl adjacent to an activating group) is 1. The maximum absolute atomic E-state index is 14.5. The van der Waals surface area contributed by atoms with Crippen molar-refractivity contribution in [3.05, 3.63) is 64.1 Å². The number of benzene rings is 1. The summed E-state index contributed by atoms with van der Waals surface area (Å²) in [6.07, 6.45) is 4.85. The van der Waals surface area contributed by atoms with Crippen molar-refractivity contribution < 1.29 is 38.6 Å². The third-order valence-corrected chi connectivity index (χ3v) is 10.4. The fourth-order valence-electron chi connectivity index (χ4n) is 6.44. The number of primary amides is 1. The van der Waals surface area contributed by atoms with Gasteiger partial charge in [-0.25, -0.2) is 9.78 Å². The van der Waals surface area contributed by atoms with Crippen LogP contribution in [0.15, 0.2) is 47.9 Å². The minimum absolute atomic E-state index is 0.0232. The van der Waals surface area contributed by atoms with Crippen molar-refractivity contribution in [2.24, 2.45) is 17.6 Å². The standard InChI is InChI=1S/C38H54N6O8S/c1-7-24(4)34(42-36(50)29-15-11-12-18-43(29)6)38(51)44(21-32(39)46)30(23(2)3)20-31(52-25(5)45)37-41-28(22-53-37)35(49)40-27(16-17-33(47)48)19-26-13-9-8-10-14-26/h8-10,13-14,16-17,22-24,27,29-31,34H,7,11-12,15,18-21H2,1-6H3,(H2,39,46)(H,40,49)(H,42,50)(H,47,48)/b17-16+/t24-,27+,29+,30+,31+,34-/m0/s1. The molecule has 1 fully saturated rings. The van der Waals surface area contributed by atoms with Crippen molar-refractivity contribution in [2.75, 3.05) is 20.1 Å². The first kappa shape index (κ1) is 42.8. The summed E-state index contributed by atoms with van der Waals surface area (Å²) >= 11 is 1.09. The number of rotatable bonds is 19. The Balaban J connectivity index is 1.91. The number of esters is 1. The molecule has 1 saturated heterocycles. The molecule has 15 heteroatoms. The highest BCUT2D eigenvalue weighted by Gasteiger charge is 2.39. The fourth-order valence-corrected chi connectivity index (χ4v) is 7.28. The average molecular weight is 755 g/mol. The molecule has 14 nitrogen and oxygen atoms in total. The maximum Gasteiger partial charge on any atom is 0.328 e. The van der Waals surface area contributed by atoms with Crippen LogP contribution < -0.4 is 16.4 Å². The van der Waals surface area contributed by atoms with Gasteiger partial charge in [-0.15, -0.1) is 11.3 Å². The second-order valence-electron chi connectivity index (χ2n) is 14.0. The molecule has 2 heterocycles. The van der Waals surface area contributed by atoms with Gasteiger partial charge < -0.3 is 31.1 Å². The lowest BCUT2D eigenvalue weighted by Crippen LogP contribution is -2.59. The predicted octanol–water partition coefficient (Wildman–Crippen LogP) is 3.47. The average Bonchev–Trinajstić information content (AvgIpc) is 3.61. The SMILES string of the molecule is CC[C@H](C)[C@H](NC(=O)[C@H]1CCCCN1C)C(=O)N(CC(N)=O)[C@H](C[C@@H](OC(C)=O)c1nc(C(=O)N[C@H](/C=C/C(=O)O)Cc2ccccc2)cs1)C(C)C. The molecule has 3 rings (SSSR count). The van der Waals surface area contributed by atoms with Crippen LogP contribution in [-0.4, -0.2) is 99.8 Å². The summed E-state index contributed by atoms with van der Waals surface area (Å²) in [5.74, 6) is -4.34. The largest absolute Gasteiger partial charge is 0.478 e. The van der Waals surface area contributed by atoms with Crippen LogP contribution in [0.4, 0.5) is 0 Å². The second-order valence-corrected chi connectivity index (χ2v) is 14.9. The molecule has 6 atom stereocenters. The number of hydrogen-bond donors (Lipinski definition) is 4. The minimum atomic E-state index is -1.16. The first-order chi connectivity index (χ1) is 25.1. The van der Waals surface area contributed by atoms with Gasteiger partial charge in [0.15, 0.2) is 6.10 Å². The van der Waals surface area contributed by atoms with Crippen LogP contribution >= 0.6 is 11.3 Å². The number of nitrogens with one attached hydrogen (secondary N) is 2. The Morgan fingerprint density at radius 2 is 1.81 bits per heavy atom. The van der Waals surface area contributed by atoms with E-state index in [1.807, 2.05) is 70.0 Å². The summed E-state index contributed by atoms with van der Waals surface area (Å²) in [5.41, 5.74) is 6.61. The van der Waals surface area contributed by atoms with Gasteiger partial charge >= 0.3 is 11.9 Å². The summed E-state index contributed by atoms with van der Waals surface area (Å²) in [7, 11) is 1.89. The summed E-state index contributed by atoms with van der Waals surface area (Å²) in [5, 5.41) is 16.8. The molecule has 0 unspecified atom stereocenters. The van der Waals surface area contributed by atoms with Gasteiger partial charge in [0.1, 0.15) is 16.7 Å². The van der Waals surface area contributed by atoms with Crippen LogP contribution in [0.25, 0.3) is 0 Å². The molecule has 1 aromatic heterocycles. The Kier molecular flexibility index (Phi) is 16.6. The van der Waals surface area contributed by atoms with E-state index in [2.05, 4.69) is 15.6 Å². The number of carboxylic acids is 1. The van der Waals surface area contributed by atoms with Gasteiger partial charge in [-0.3, -0.25) is 28.9 Å². The number of carboxylic acid groups (broad SMARTS) is 1. The van der Waals surface area contributed by atoms with Crippen molar-refractivity contribution in [1.82, 2.24) is 25.4 Å². The molecule has 1 aromatic carbocycles. The van der Waals surface area contributed by atoms with Crippen LogP contribution in [0.2, 0.25) is 0 Å². The first-order valence-electron chi connectivity index (χ1n) is 18.1. The fraction of sp³-hybridized carbons (Fsp3) is 0.553. The smallest absolute Gasteiger partial charge is 0.328 e. The van der Waals surface area contributed by atoms with Crippen LogP contribution in [0.1, 0.15) is 93.9 Å². The Morgan fingerprint density at radius 1 is 1.11 bits per heavy atom. The molecular formula is C38H54N6O8S. The monoisotopic (exact) mass is 754 g/mol. The van der Waals surface area contributed by atoms with E-state index in [9.17, 15) is 33.9 Å². The maximum atomic E-state index is 14.5. The van der Waals surface area contributed by atoms with E-state index in [0.717, 1.165) is 42.4 Å². The number of aliphatic carboxylic acids is 1. The molecule has 4 amide bonds. The Hall–Kier alpha value is -4.63. The Morgan fingerprint density at radius 3 is 2.40 bits per heavy atom. The zero-order valence-electron chi connectivity index (χ0n) is 31.4. The molecule has 0 aliphatic carbocycles. The van der Waals surface area contributed by atoms with Gasteiger partial charge in [-0.05, 0) is 50.3 Å². The summed E-state index contributed by atoms with van der Waals surface area (Å²) < 4.78 is 5.73. The number of hydrogen-bond acceptors (Lipinski definition) is 10. The lowest BCUT2D eigenvalue weighted by atomic mass is 9.92. The molecule has 1 aliphatic rings. The number of thiazole rings is 1. The van der Waals surface area contributed by atoms with Crippen molar-refractivity contribution in [1.29, 1.82) is 0 Å². The van der Waals surface area contributed by atoms with E-state index >= 15 is 0 Å². The number of carbonyl (C=O) groups is 6. The number of nitrogens with two attached hydrogens (primary N) is 1. The van der Waals surface area contributed by atoms with Gasteiger partial charge in [0.05, 0.1) is 18.6 Å². The predicted molar refractivity (Wildman–Crippen MR) is 201 cm³/mol. The highest BCUT2D eigenvalue weighted by atomic mass is 32.1. The summed E-state index contributed by atoms with van der Waals surface area (Å²) in [6.45, 7) is 9.10. The van der Waals surface area contributed by atoms with E-state index in [4.69, 9.17) is 10.5 Å². The molecule has 290 valence electrons. The van der Waals surface area contributed by atoms with Gasteiger partial charge in [-0.2, -0.15) is 0 Å². The molecule has 0 radical (unpaired) electrons. The van der Waals surface area contributed by atoms with Gasteiger partial charge in [0.2, 0.25) is 17.7 Å². The number of carbonyl (C=O) groups excluding carboxylic acids is 5. The third-order valence-electron chi connectivity index (χ3n) is 9.51. The number of likely N-dealkylation sites (tertiary alicyclic amines) is 1. The van der Waals surface area contributed by atoms with E-state index in [-0.39, 0.29) is 40.9 Å². The highest BCUT2D eigenvalue weighted by molar-refractivity contribution is 7.09. The normalized spacial score (nSPS) is 17.7. The molecule has 0 bridgehead atoms. The zero-order valence-corrected chi connectivity index (χ0v) is 32.3. The second kappa shape index (κ2) is 20.6. The zero-order chi connectivity index (χ0) is 39.2. The van der Waals surface area contributed by atoms with Gasteiger partial charge in [-0.1, -0.05) is 76.9 Å². The number of piperidine rings is 1. The van der Waals surface area contributed by atoms with Crippen molar-refractivity contribution in [3.8, 4) is 0 Å². The molecule has 1 aliphatic heterocycles. The van der Waals surface area contributed by atoms with E-state index in [0.29, 0.717) is 19.3 Å². The summed E-state index contributed by atoms with van der Waals surface area (Å²) in [4.78, 5) is 85.3. The van der Waals surface area contributed by atoms with Crippen molar-refractivity contribution >= 4 is 46.9 Å². The lowest BCUT2D eigenvalue weighted by molar-refractivity contribution is -0.150. The highest BCUT2D eigenvalue weighted by Crippen LogP contribution is 2.31. The molecule has 0 saturated carbocycles. The van der Waals surface area contributed by atoms with Gasteiger partial charge in [0.25, 0.3) is 5.91 Å². The van der Waals surface area contributed by atoms with Crippen LogP contribution in [0.5, 0.6) is 0 Å². The topological polar surface area (TPSA) is 201 Å². The quantitative estimate of drug-likeness (QED) is 0.122. The van der Waals surface area contributed by atoms with E-state index in [1.54, 1.807) is 0 Å². The number of nitrogens with zero attached hydrogens (tertiary/aromatic N) is 3. The van der Waals surface area contributed by atoms with Gasteiger partial charge in [0, 0.05) is 30.8 Å². The third kappa shape index (κ3) is 13.1. The molecule has 5 N–H and O–H groups in total. The van der Waals surface area contributed by atoms with E-state index in [1.165, 1.54) is 23.3 Å². The molecule has 53 heavy (non-hydrogen) atoms. The van der Waals surface area contributed by atoms with Crippen LogP contribution in [-0.2, 0) is 35.1 Å². The molecule has 2 aromatic rings. The van der Waals surface area contributed by atoms with Crippen LogP contribution in [0, 0.1) is 11.8 Å². The Labute approximate surface area is 315 Å². The number of amides is 4. The van der Waals surface area contributed by atoms with E-state index < -0.39 is 60.4 Å². The lowest BCUT2D eigenvalue weighted by Gasteiger charge is -2.39.